The van der Waals surface area contributed by atoms with Crippen LogP contribution in [0.1, 0.15) is 76.5 Å². The Morgan fingerprint density at radius 3 is 2.46 bits per heavy atom. The van der Waals surface area contributed by atoms with Gasteiger partial charge >= 0.3 is 5.97 Å². The average Bonchev–Trinajstić information content (AvgIpc) is 2.70. The summed E-state index contributed by atoms with van der Waals surface area (Å²) in [5, 5.41) is 2.28. The van der Waals surface area contributed by atoms with Crippen LogP contribution in [0.3, 0.4) is 0 Å². The standard InChI is InChI=1S/C25H32O3/c1-4-5-6-7-8-9-16-27-22-17-23(28-25(26)18(2)3)21-15-11-13-19-12-10-14-20(22)24(19)21/h10-15,17-18,23H,4-9,16H2,1-3H3. The van der Waals surface area contributed by atoms with Gasteiger partial charge in [0.05, 0.1) is 12.5 Å². The van der Waals surface area contributed by atoms with Crippen molar-refractivity contribution in [2.75, 3.05) is 6.61 Å². The van der Waals surface area contributed by atoms with Crippen molar-refractivity contribution in [3.63, 3.8) is 0 Å². The zero-order valence-corrected chi connectivity index (χ0v) is 17.4. The van der Waals surface area contributed by atoms with Crippen molar-refractivity contribution < 1.29 is 14.3 Å². The Labute approximate surface area is 168 Å². The molecule has 0 bridgehead atoms. The van der Waals surface area contributed by atoms with Gasteiger partial charge in [-0.3, -0.25) is 4.79 Å². The molecule has 3 rings (SSSR count). The summed E-state index contributed by atoms with van der Waals surface area (Å²) in [6.45, 7) is 6.65. The lowest BCUT2D eigenvalue weighted by Crippen LogP contribution is -2.17. The van der Waals surface area contributed by atoms with Crippen LogP contribution in [0.2, 0.25) is 0 Å². The van der Waals surface area contributed by atoms with E-state index in [1.807, 2.05) is 32.1 Å². The van der Waals surface area contributed by atoms with Crippen molar-refractivity contribution in [1.82, 2.24) is 0 Å². The molecule has 3 nitrogen and oxygen atoms in total. The van der Waals surface area contributed by atoms with Crippen LogP contribution in [-0.2, 0) is 14.3 Å². The molecule has 0 saturated carbocycles. The number of esters is 1. The third-order valence-electron chi connectivity index (χ3n) is 5.28. The molecule has 0 radical (unpaired) electrons. The number of carbonyl (C=O) groups is 1. The second kappa shape index (κ2) is 9.77. The van der Waals surface area contributed by atoms with E-state index in [1.165, 1.54) is 32.1 Å². The highest BCUT2D eigenvalue weighted by Crippen LogP contribution is 2.40. The van der Waals surface area contributed by atoms with Gasteiger partial charge in [0.1, 0.15) is 11.9 Å². The smallest absolute Gasteiger partial charge is 0.309 e. The summed E-state index contributed by atoms with van der Waals surface area (Å²) >= 11 is 0. The zero-order chi connectivity index (χ0) is 19.9. The minimum absolute atomic E-state index is 0.155. The molecule has 2 aromatic carbocycles. The first-order chi connectivity index (χ1) is 13.6. The molecule has 0 spiro atoms. The van der Waals surface area contributed by atoms with Gasteiger partial charge in [-0.2, -0.15) is 0 Å². The molecule has 0 N–H and O–H groups in total. The number of carbonyl (C=O) groups excluding carboxylic acids is 1. The van der Waals surface area contributed by atoms with E-state index in [4.69, 9.17) is 9.47 Å². The highest BCUT2D eigenvalue weighted by atomic mass is 16.5. The van der Waals surface area contributed by atoms with Gasteiger partial charge in [0.2, 0.25) is 0 Å². The minimum Gasteiger partial charge on any atom is -0.493 e. The molecule has 0 aromatic heterocycles. The van der Waals surface area contributed by atoms with Gasteiger partial charge in [0.25, 0.3) is 0 Å². The Bertz CT molecular complexity index is 830. The number of hydrogen-bond acceptors (Lipinski definition) is 3. The van der Waals surface area contributed by atoms with Crippen LogP contribution in [0, 0.1) is 5.92 Å². The second-order valence-corrected chi connectivity index (χ2v) is 7.91. The molecule has 1 aliphatic rings. The minimum atomic E-state index is -0.395. The van der Waals surface area contributed by atoms with E-state index >= 15 is 0 Å². The fourth-order valence-electron chi connectivity index (χ4n) is 3.68. The van der Waals surface area contributed by atoms with E-state index in [9.17, 15) is 4.79 Å². The average molecular weight is 381 g/mol. The Balaban J connectivity index is 1.77. The van der Waals surface area contributed by atoms with E-state index in [1.54, 1.807) is 0 Å². The van der Waals surface area contributed by atoms with Gasteiger partial charge in [-0.1, -0.05) is 89.3 Å². The molecule has 1 atom stereocenters. The SMILES string of the molecule is CCCCCCCCOC1=CC(OC(=O)C(C)C)c2cccc3cccc1c23. The summed E-state index contributed by atoms with van der Waals surface area (Å²) in [5.74, 6) is 0.490. The molecular formula is C25H32O3. The van der Waals surface area contributed by atoms with E-state index in [2.05, 4.69) is 31.2 Å². The van der Waals surface area contributed by atoms with Crippen molar-refractivity contribution in [1.29, 1.82) is 0 Å². The lowest BCUT2D eigenvalue weighted by molar-refractivity contribution is -0.150. The Kier molecular flexibility index (Phi) is 7.13. The number of hydrogen-bond donors (Lipinski definition) is 0. The van der Waals surface area contributed by atoms with Crippen molar-refractivity contribution in [3.05, 3.63) is 53.6 Å². The maximum Gasteiger partial charge on any atom is 0.309 e. The van der Waals surface area contributed by atoms with Gasteiger partial charge in [-0.15, -0.1) is 0 Å². The lowest BCUT2D eigenvalue weighted by Gasteiger charge is -2.26. The largest absolute Gasteiger partial charge is 0.493 e. The van der Waals surface area contributed by atoms with Crippen molar-refractivity contribution in [2.24, 2.45) is 5.92 Å². The van der Waals surface area contributed by atoms with E-state index < -0.39 is 6.10 Å². The molecule has 1 unspecified atom stereocenters. The monoisotopic (exact) mass is 380 g/mol. The van der Waals surface area contributed by atoms with Crippen LogP contribution >= 0.6 is 0 Å². The van der Waals surface area contributed by atoms with E-state index in [0.29, 0.717) is 6.61 Å². The van der Waals surface area contributed by atoms with Crippen LogP contribution in [0.25, 0.3) is 16.5 Å². The van der Waals surface area contributed by atoms with Crippen LogP contribution < -0.4 is 0 Å². The number of unbranched alkanes of at least 4 members (excludes halogenated alkanes) is 5. The lowest BCUT2D eigenvalue weighted by atomic mass is 9.90. The Morgan fingerprint density at radius 1 is 1.00 bits per heavy atom. The maximum absolute atomic E-state index is 12.2. The van der Waals surface area contributed by atoms with Crippen LogP contribution in [0.15, 0.2) is 42.5 Å². The number of ether oxygens (including phenoxy) is 2. The molecule has 0 aliphatic heterocycles. The summed E-state index contributed by atoms with van der Waals surface area (Å²) in [4.78, 5) is 12.2. The normalized spacial score (nSPS) is 15.6. The predicted molar refractivity (Wildman–Crippen MR) is 115 cm³/mol. The summed E-state index contributed by atoms with van der Waals surface area (Å²) in [6.07, 6.45) is 8.97. The molecule has 1 aliphatic carbocycles. The van der Waals surface area contributed by atoms with Gasteiger partial charge in [-0.05, 0) is 17.2 Å². The molecule has 28 heavy (non-hydrogen) atoms. The summed E-state index contributed by atoms with van der Waals surface area (Å²) in [5.41, 5.74) is 2.13. The second-order valence-electron chi connectivity index (χ2n) is 7.91. The highest BCUT2D eigenvalue weighted by molar-refractivity contribution is 5.97. The molecule has 0 fully saturated rings. The molecular weight excluding hydrogens is 348 g/mol. The van der Waals surface area contributed by atoms with Gasteiger partial charge in [0, 0.05) is 17.2 Å². The first-order valence-electron chi connectivity index (χ1n) is 10.7. The van der Waals surface area contributed by atoms with Gasteiger partial charge in [-0.25, -0.2) is 0 Å². The quantitative estimate of drug-likeness (QED) is 0.335. The van der Waals surface area contributed by atoms with Crippen molar-refractivity contribution in [2.45, 2.75) is 65.4 Å². The van der Waals surface area contributed by atoms with Crippen LogP contribution in [-0.4, -0.2) is 12.6 Å². The molecule has 150 valence electrons. The Morgan fingerprint density at radius 2 is 1.71 bits per heavy atom. The number of benzene rings is 2. The molecule has 0 heterocycles. The van der Waals surface area contributed by atoms with E-state index in [0.717, 1.165) is 34.1 Å². The van der Waals surface area contributed by atoms with Crippen LogP contribution in [0.5, 0.6) is 0 Å². The molecule has 3 heteroatoms. The van der Waals surface area contributed by atoms with E-state index in [-0.39, 0.29) is 11.9 Å². The molecule has 2 aromatic rings. The highest BCUT2D eigenvalue weighted by Gasteiger charge is 2.26. The topological polar surface area (TPSA) is 35.5 Å². The van der Waals surface area contributed by atoms with Crippen LogP contribution in [0.4, 0.5) is 0 Å². The third kappa shape index (κ3) is 4.76. The number of rotatable bonds is 10. The van der Waals surface area contributed by atoms with Gasteiger partial charge < -0.3 is 9.47 Å². The Hall–Kier alpha value is -2.29. The third-order valence-corrected chi connectivity index (χ3v) is 5.28. The van der Waals surface area contributed by atoms with Crippen molar-refractivity contribution >= 4 is 22.5 Å². The summed E-state index contributed by atoms with van der Waals surface area (Å²) in [6, 6.07) is 12.4. The van der Waals surface area contributed by atoms with Crippen molar-refractivity contribution in [3.8, 4) is 0 Å². The fourth-order valence-corrected chi connectivity index (χ4v) is 3.68. The molecule has 0 saturated heterocycles. The first kappa shape index (κ1) is 20.4. The first-order valence-corrected chi connectivity index (χ1v) is 10.7. The predicted octanol–water partition coefficient (Wildman–Crippen LogP) is 6.81. The zero-order valence-electron chi connectivity index (χ0n) is 17.4. The molecule has 0 amide bonds. The van der Waals surface area contributed by atoms with Gasteiger partial charge in [0.15, 0.2) is 0 Å². The maximum atomic E-state index is 12.2. The fraction of sp³-hybridized carbons (Fsp3) is 0.480. The summed E-state index contributed by atoms with van der Waals surface area (Å²) in [7, 11) is 0. The summed E-state index contributed by atoms with van der Waals surface area (Å²) < 4.78 is 12.0.